The van der Waals surface area contributed by atoms with Crippen molar-refractivity contribution in [3.05, 3.63) is 46.3 Å². The summed E-state index contributed by atoms with van der Waals surface area (Å²) in [5.41, 5.74) is 0. The van der Waals surface area contributed by atoms with E-state index in [0.29, 0.717) is 28.8 Å². The molecule has 2 heterocycles. The van der Waals surface area contributed by atoms with Crippen LogP contribution in [0, 0.1) is 0 Å². The molecule has 1 saturated heterocycles. The van der Waals surface area contributed by atoms with Crippen LogP contribution in [0.2, 0.25) is 5.02 Å². The number of aromatic nitrogens is 2. The second kappa shape index (κ2) is 7.35. The summed E-state index contributed by atoms with van der Waals surface area (Å²) in [7, 11) is -3.51. The number of piperidine rings is 1. The molecule has 1 aliphatic rings. The van der Waals surface area contributed by atoms with E-state index >= 15 is 0 Å². The van der Waals surface area contributed by atoms with Crippen LogP contribution in [0.3, 0.4) is 0 Å². The van der Waals surface area contributed by atoms with Gasteiger partial charge in [0.2, 0.25) is 10.0 Å². The molecule has 1 atom stereocenters. The maximum Gasteiger partial charge on any atom is 0.243 e. The minimum Gasteiger partial charge on any atom is -0.365 e. The molecule has 3 rings (SSSR count). The molecule has 1 N–H and O–H groups in total. The number of halogens is 2. The third-order valence-corrected chi connectivity index (χ3v) is 6.53. The van der Waals surface area contributed by atoms with Gasteiger partial charge in [0.1, 0.15) is 17.2 Å². The summed E-state index contributed by atoms with van der Waals surface area (Å²) in [6.07, 6.45) is 4.55. The van der Waals surface area contributed by atoms with Gasteiger partial charge < -0.3 is 5.32 Å². The van der Waals surface area contributed by atoms with E-state index in [9.17, 15) is 8.42 Å². The summed E-state index contributed by atoms with van der Waals surface area (Å²) in [5, 5.41) is 3.64. The van der Waals surface area contributed by atoms with Gasteiger partial charge in [-0.3, -0.25) is 0 Å². The second-order valence-electron chi connectivity index (χ2n) is 5.52. The summed E-state index contributed by atoms with van der Waals surface area (Å²) >= 11 is 9.38. The first-order valence-corrected chi connectivity index (χ1v) is 10.1. The van der Waals surface area contributed by atoms with Crippen molar-refractivity contribution in [2.75, 3.05) is 18.4 Å². The van der Waals surface area contributed by atoms with Crippen molar-refractivity contribution in [2.45, 2.75) is 23.8 Å². The molecule has 6 nitrogen and oxygen atoms in total. The smallest absolute Gasteiger partial charge is 0.243 e. The van der Waals surface area contributed by atoms with Crippen molar-refractivity contribution in [3.8, 4) is 0 Å². The molecule has 0 saturated carbocycles. The Hall–Kier alpha value is -1.22. The number of nitrogens with zero attached hydrogens (tertiary/aromatic N) is 3. The Morgan fingerprint density at radius 2 is 2.04 bits per heavy atom. The van der Waals surface area contributed by atoms with Gasteiger partial charge in [0.05, 0.1) is 11.1 Å². The Bertz CT molecular complexity index is 816. The first-order chi connectivity index (χ1) is 11.5. The van der Waals surface area contributed by atoms with Crippen LogP contribution < -0.4 is 5.32 Å². The lowest BCUT2D eigenvalue weighted by atomic mass is 10.1. The predicted octanol–water partition coefficient (Wildman–Crippen LogP) is 3.16. The van der Waals surface area contributed by atoms with Crippen molar-refractivity contribution in [2.24, 2.45) is 0 Å². The molecule has 1 aromatic heterocycles. The molecule has 0 radical (unpaired) electrons. The highest BCUT2D eigenvalue weighted by Gasteiger charge is 2.30. The van der Waals surface area contributed by atoms with E-state index in [1.165, 1.54) is 16.8 Å². The number of rotatable bonds is 4. The fourth-order valence-electron chi connectivity index (χ4n) is 2.65. The van der Waals surface area contributed by atoms with Gasteiger partial charge in [-0.1, -0.05) is 27.5 Å². The monoisotopic (exact) mass is 430 g/mol. The average molecular weight is 432 g/mol. The van der Waals surface area contributed by atoms with Crippen LogP contribution in [0.1, 0.15) is 12.8 Å². The van der Waals surface area contributed by atoms with Crippen molar-refractivity contribution in [1.82, 2.24) is 14.3 Å². The van der Waals surface area contributed by atoms with Crippen LogP contribution in [-0.2, 0) is 10.0 Å². The van der Waals surface area contributed by atoms with Gasteiger partial charge in [0.15, 0.2) is 0 Å². The molecule has 128 valence electrons. The summed E-state index contributed by atoms with van der Waals surface area (Å²) in [5.74, 6) is 0.527. The quantitative estimate of drug-likeness (QED) is 0.805. The van der Waals surface area contributed by atoms with Crippen LogP contribution in [0.5, 0.6) is 0 Å². The van der Waals surface area contributed by atoms with Gasteiger partial charge >= 0.3 is 0 Å². The predicted molar refractivity (Wildman–Crippen MR) is 96.6 cm³/mol. The highest BCUT2D eigenvalue weighted by atomic mass is 79.9. The van der Waals surface area contributed by atoms with Crippen LogP contribution in [0.25, 0.3) is 0 Å². The lowest BCUT2D eigenvalue weighted by molar-refractivity contribution is 0.326. The fraction of sp³-hybridized carbons (Fsp3) is 0.333. The molecule has 24 heavy (non-hydrogen) atoms. The lowest BCUT2D eigenvalue weighted by Crippen LogP contribution is -2.45. The van der Waals surface area contributed by atoms with Gasteiger partial charge in [0.25, 0.3) is 0 Å². The van der Waals surface area contributed by atoms with Crippen molar-refractivity contribution >= 4 is 43.4 Å². The molecular formula is C15H16BrClN4O2S. The van der Waals surface area contributed by atoms with Crippen LogP contribution in [0.4, 0.5) is 5.82 Å². The van der Waals surface area contributed by atoms with E-state index in [1.54, 1.807) is 24.3 Å². The summed E-state index contributed by atoms with van der Waals surface area (Å²) < 4.78 is 27.9. The van der Waals surface area contributed by atoms with E-state index in [0.717, 1.165) is 17.3 Å². The van der Waals surface area contributed by atoms with Gasteiger partial charge in [0, 0.05) is 23.6 Å². The van der Waals surface area contributed by atoms with Crippen molar-refractivity contribution < 1.29 is 8.42 Å². The fourth-order valence-corrected chi connectivity index (χ4v) is 4.59. The number of hydrogen-bond acceptors (Lipinski definition) is 5. The maximum absolute atomic E-state index is 12.8. The average Bonchev–Trinajstić information content (AvgIpc) is 2.58. The van der Waals surface area contributed by atoms with Gasteiger partial charge in [-0.2, -0.15) is 4.31 Å². The lowest BCUT2D eigenvalue weighted by Gasteiger charge is -2.32. The Morgan fingerprint density at radius 3 is 2.75 bits per heavy atom. The number of nitrogens with one attached hydrogen (secondary N) is 1. The number of sulfonamides is 1. The Balaban J connectivity index is 1.75. The molecule has 0 amide bonds. The zero-order valence-electron chi connectivity index (χ0n) is 12.7. The second-order valence-corrected chi connectivity index (χ2v) is 8.78. The molecule has 1 aliphatic heterocycles. The number of anilines is 1. The summed E-state index contributed by atoms with van der Waals surface area (Å²) in [4.78, 5) is 8.24. The molecule has 1 aromatic carbocycles. The molecule has 1 unspecified atom stereocenters. The largest absolute Gasteiger partial charge is 0.365 e. The normalized spacial score (nSPS) is 19.2. The zero-order chi connectivity index (χ0) is 17.2. The molecule has 9 heteroatoms. The van der Waals surface area contributed by atoms with E-state index in [2.05, 4.69) is 31.2 Å². The minimum atomic E-state index is -3.51. The topological polar surface area (TPSA) is 75.2 Å². The maximum atomic E-state index is 12.8. The van der Waals surface area contributed by atoms with Gasteiger partial charge in [-0.25, -0.2) is 18.4 Å². The third kappa shape index (κ3) is 3.88. The van der Waals surface area contributed by atoms with Crippen LogP contribution in [0.15, 0.2) is 46.2 Å². The first-order valence-electron chi connectivity index (χ1n) is 7.44. The zero-order valence-corrected chi connectivity index (χ0v) is 15.9. The summed E-state index contributed by atoms with van der Waals surface area (Å²) in [6.45, 7) is 0.882. The highest BCUT2D eigenvalue weighted by molar-refractivity contribution is 9.10. The molecule has 1 fully saturated rings. The van der Waals surface area contributed by atoms with Crippen LogP contribution >= 0.6 is 27.5 Å². The first kappa shape index (κ1) is 17.6. The number of hydrogen-bond donors (Lipinski definition) is 1. The van der Waals surface area contributed by atoms with E-state index in [1.807, 2.05) is 0 Å². The summed E-state index contributed by atoms with van der Waals surface area (Å²) in [6, 6.07) is 6.63. The molecular weight excluding hydrogens is 416 g/mol. The standard InChI is InChI=1S/C15H16BrClN4O2S/c16-11-3-5-13(6-4-11)24(22,23)21-7-1-2-12(9-21)20-15-14(17)8-18-10-19-15/h3-6,8,10,12H,1-2,7,9H2,(H,18,19,20). The Morgan fingerprint density at radius 1 is 1.29 bits per heavy atom. The van der Waals surface area contributed by atoms with E-state index < -0.39 is 10.0 Å². The Kier molecular flexibility index (Phi) is 5.39. The van der Waals surface area contributed by atoms with Gasteiger partial charge in [-0.05, 0) is 37.1 Å². The molecule has 0 bridgehead atoms. The van der Waals surface area contributed by atoms with E-state index in [4.69, 9.17) is 11.6 Å². The van der Waals surface area contributed by atoms with E-state index in [-0.39, 0.29) is 6.04 Å². The highest BCUT2D eigenvalue weighted by Crippen LogP contribution is 2.25. The Labute approximate surface area is 154 Å². The third-order valence-electron chi connectivity index (χ3n) is 3.84. The molecule has 0 aliphatic carbocycles. The minimum absolute atomic E-state index is 0.0450. The SMILES string of the molecule is O=S(=O)(c1ccc(Br)cc1)N1CCCC(Nc2ncncc2Cl)C1. The molecule has 2 aromatic rings. The van der Waals surface area contributed by atoms with Crippen molar-refractivity contribution in [3.63, 3.8) is 0 Å². The number of benzene rings is 1. The van der Waals surface area contributed by atoms with Crippen molar-refractivity contribution in [1.29, 1.82) is 0 Å². The van der Waals surface area contributed by atoms with Gasteiger partial charge in [-0.15, -0.1) is 0 Å². The van der Waals surface area contributed by atoms with Crippen LogP contribution in [-0.4, -0.2) is 41.8 Å². The molecule has 0 spiro atoms.